The van der Waals surface area contributed by atoms with Gasteiger partial charge < -0.3 is 14.3 Å². The van der Waals surface area contributed by atoms with E-state index in [2.05, 4.69) is 10.5 Å². The van der Waals surface area contributed by atoms with Crippen molar-refractivity contribution >= 4 is 16.7 Å². The van der Waals surface area contributed by atoms with Crippen LogP contribution in [0.5, 0.6) is 0 Å². The Morgan fingerprint density at radius 2 is 1.83 bits per heavy atom. The maximum absolute atomic E-state index is 12.3. The summed E-state index contributed by atoms with van der Waals surface area (Å²) in [5.74, 6) is 0.993. The van der Waals surface area contributed by atoms with Gasteiger partial charge in [-0.3, -0.25) is 4.79 Å². The van der Waals surface area contributed by atoms with Gasteiger partial charge in [-0.2, -0.15) is 0 Å². The van der Waals surface area contributed by atoms with E-state index >= 15 is 0 Å². The fourth-order valence-electron chi connectivity index (χ4n) is 2.53. The molecule has 2 heterocycles. The molecule has 0 unspecified atom stereocenters. The van der Waals surface area contributed by atoms with Crippen LogP contribution in [-0.4, -0.2) is 11.1 Å². The number of nitrogens with one attached hydrogen (secondary N) is 1. The van der Waals surface area contributed by atoms with Gasteiger partial charge in [0.15, 0.2) is 5.76 Å². The highest BCUT2D eigenvalue weighted by molar-refractivity contribution is 5.98. The van der Waals surface area contributed by atoms with Crippen LogP contribution in [-0.2, 0) is 6.54 Å². The summed E-state index contributed by atoms with van der Waals surface area (Å²) < 4.78 is 10.5. The van der Waals surface area contributed by atoms with Gasteiger partial charge >= 0.3 is 0 Å². The second-order valence-corrected chi connectivity index (χ2v) is 5.40. The molecule has 0 aliphatic rings. The minimum atomic E-state index is -0.150. The summed E-state index contributed by atoms with van der Waals surface area (Å²) in [5, 5.41) is 8.92. The molecule has 0 bridgehead atoms. The first-order chi connectivity index (χ1) is 11.8. The molecule has 1 N–H and O–H groups in total. The van der Waals surface area contributed by atoms with E-state index in [0.29, 0.717) is 22.8 Å². The zero-order valence-corrected chi connectivity index (χ0v) is 12.7. The fraction of sp³-hybridized carbons (Fsp3) is 0.0526. The number of rotatable bonds is 4. The molecule has 0 atom stereocenters. The van der Waals surface area contributed by atoms with Crippen molar-refractivity contribution in [3.63, 3.8) is 0 Å². The van der Waals surface area contributed by atoms with Gasteiger partial charge in [0.1, 0.15) is 5.69 Å². The van der Waals surface area contributed by atoms with Crippen molar-refractivity contribution in [3.8, 4) is 11.5 Å². The van der Waals surface area contributed by atoms with Crippen LogP contribution in [0.2, 0.25) is 0 Å². The van der Waals surface area contributed by atoms with Gasteiger partial charge in [0.2, 0.25) is 5.76 Å². The molecule has 1 amide bonds. The first-order valence-corrected chi connectivity index (χ1v) is 7.56. The van der Waals surface area contributed by atoms with Gasteiger partial charge in [0.05, 0.1) is 12.8 Å². The van der Waals surface area contributed by atoms with E-state index in [1.54, 1.807) is 24.5 Å². The Labute approximate surface area is 137 Å². The van der Waals surface area contributed by atoms with Crippen LogP contribution < -0.4 is 5.32 Å². The van der Waals surface area contributed by atoms with Gasteiger partial charge in [-0.25, -0.2) is 0 Å². The molecule has 0 radical (unpaired) electrons. The van der Waals surface area contributed by atoms with E-state index in [1.807, 2.05) is 42.5 Å². The van der Waals surface area contributed by atoms with Gasteiger partial charge in [-0.1, -0.05) is 35.5 Å². The van der Waals surface area contributed by atoms with Gasteiger partial charge in [-0.05, 0) is 35.0 Å². The fourth-order valence-corrected chi connectivity index (χ4v) is 2.53. The third kappa shape index (κ3) is 2.79. The lowest BCUT2D eigenvalue weighted by Crippen LogP contribution is -2.22. The predicted molar refractivity (Wildman–Crippen MR) is 89.3 cm³/mol. The molecule has 24 heavy (non-hydrogen) atoms. The molecule has 4 rings (SSSR count). The SMILES string of the molecule is O=C(NCc1cc(-c2ccco2)on1)c1ccc2ccccc2c1. The van der Waals surface area contributed by atoms with Gasteiger partial charge in [0.25, 0.3) is 5.91 Å². The van der Waals surface area contributed by atoms with Crippen LogP contribution in [0.4, 0.5) is 0 Å². The summed E-state index contributed by atoms with van der Waals surface area (Å²) in [7, 11) is 0. The van der Waals surface area contributed by atoms with E-state index < -0.39 is 0 Å². The van der Waals surface area contributed by atoms with Gasteiger partial charge in [0, 0.05) is 11.6 Å². The molecule has 4 aromatic rings. The normalized spacial score (nSPS) is 10.8. The Kier molecular flexibility index (Phi) is 3.59. The van der Waals surface area contributed by atoms with Crippen molar-refractivity contribution in [2.75, 3.05) is 0 Å². The topological polar surface area (TPSA) is 68.3 Å². The number of aromatic nitrogens is 1. The van der Waals surface area contributed by atoms with Crippen molar-refractivity contribution in [1.29, 1.82) is 0 Å². The van der Waals surface area contributed by atoms with Crippen LogP contribution in [0.3, 0.4) is 0 Å². The van der Waals surface area contributed by atoms with E-state index in [0.717, 1.165) is 10.8 Å². The van der Waals surface area contributed by atoms with E-state index in [9.17, 15) is 4.79 Å². The van der Waals surface area contributed by atoms with Crippen molar-refractivity contribution in [3.05, 3.63) is 78.2 Å². The minimum Gasteiger partial charge on any atom is -0.461 e. The van der Waals surface area contributed by atoms with Gasteiger partial charge in [-0.15, -0.1) is 0 Å². The standard InChI is InChI=1S/C19H14N2O3/c22-19(15-8-7-13-4-1-2-5-14(13)10-15)20-12-16-11-18(24-21-16)17-6-3-9-23-17/h1-11H,12H2,(H,20,22). The molecule has 0 saturated carbocycles. The predicted octanol–water partition coefficient (Wildman–Crippen LogP) is 4.02. The number of fused-ring (bicyclic) bond motifs is 1. The van der Waals surface area contributed by atoms with E-state index in [4.69, 9.17) is 8.94 Å². The molecule has 2 aromatic heterocycles. The molecule has 118 valence electrons. The Hall–Kier alpha value is -3.34. The van der Waals surface area contributed by atoms with E-state index in [1.165, 1.54) is 0 Å². The minimum absolute atomic E-state index is 0.150. The zero-order chi connectivity index (χ0) is 16.4. The molecule has 0 aliphatic carbocycles. The monoisotopic (exact) mass is 318 g/mol. The highest BCUT2D eigenvalue weighted by Crippen LogP contribution is 2.20. The number of carbonyl (C=O) groups excluding carboxylic acids is 1. The second-order valence-electron chi connectivity index (χ2n) is 5.40. The van der Waals surface area contributed by atoms with Crippen molar-refractivity contribution in [1.82, 2.24) is 10.5 Å². The molecule has 0 saturated heterocycles. The summed E-state index contributed by atoms with van der Waals surface area (Å²) in [6, 6.07) is 18.9. The number of benzene rings is 2. The highest BCUT2D eigenvalue weighted by Gasteiger charge is 2.11. The van der Waals surface area contributed by atoms with Crippen LogP contribution >= 0.6 is 0 Å². The summed E-state index contributed by atoms with van der Waals surface area (Å²) in [5.41, 5.74) is 1.25. The lowest BCUT2D eigenvalue weighted by Gasteiger charge is -2.04. The number of amides is 1. The second kappa shape index (κ2) is 6.04. The maximum Gasteiger partial charge on any atom is 0.251 e. The Morgan fingerprint density at radius 3 is 2.67 bits per heavy atom. The first-order valence-electron chi connectivity index (χ1n) is 7.56. The summed E-state index contributed by atoms with van der Waals surface area (Å²) >= 11 is 0. The lowest BCUT2D eigenvalue weighted by atomic mass is 10.1. The molecular formula is C19H14N2O3. The highest BCUT2D eigenvalue weighted by atomic mass is 16.5. The van der Waals surface area contributed by atoms with Crippen molar-refractivity contribution < 1.29 is 13.7 Å². The molecule has 0 aliphatic heterocycles. The largest absolute Gasteiger partial charge is 0.461 e. The number of hydrogen-bond acceptors (Lipinski definition) is 4. The van der Waals surface area contributed by atoms with Crippen molar-refractivity contribution in [2.24, 2.45) is 0 Å². The number of carbonyl (C=O) groups is 1. The molecule has 0 fully saturated rings. The Bertz CT molecular complexity index is 987. The third-order valence-electron chi connectivity index (χ3n) is 3.76. The summed E-state index contributed by atoms with van der Waals surface area (Å²) in [6.07, 6.45) is 1.57. The number of nitrogens with zero attached hydrogens (tertiary/aromatic N) is 1. The summed E-state index contributed by atoms with van der Waals surface area (Å²) in [6.45, 7) is 0.288. The molecule has 5 nitrogen and oxygen atoms in total. The maximum atomic E-state index is 12.3. The first kappa shape index (κ1) is 14.3. The smallest absolute Gasteiger partial charge is 0.251 e. The molecular weight excluding hydrogens is 304 g/mol. The van der Waals surface area contributed by atoms with Crippen LogP contribution in [0, 0.1) is 0 Å². The van der Waals surface area contributed by atoms with E-state index in [-0.39, 0.29) is 12.5 Å². The molecule has 5 heteroatoms. The van der Waals surface area contributed by atoms with Crippen LogP contribution in [0.25, 0.3) is 22.3 Å². The zero-order valence-electron chi connectivity index (χ0n) is 12.7. The number of furan rings is 1. The van der Waals surface area contributed by atoms with Crippen molar-refractivity contribution in [2.45, 2.75) is 6.54 Å². The Balaban J connectivity index is 1.46. The quantitative estimate of drug-likeness (QED) is 0.617. The molecule has 2 aromatic carbocycles. The average Bonchev–Trinajstić information content (AvgIpc) is 3.30. The van der Waals surface area contributed by atoms with Crippen LogP contribution in [0.1, 0.15) is 16.1 Å². The third-order valence-corrected chi connectivity index (χ3v) is 3.76. The lowest BCUT2D eigenvalue weighted by molar-refractivity contribution is 0.0950. The number of hydrogen-bond donors (Lipinski definition) is 1. The van der Waals surface area contributed by atoms with Crippen LogP contribution in [0.15, 0.2) is 75.9 Å². The molecule has 0 spiro atoms. The Morgan fingerprint density at radius 1 is 0.958 bits per heavy atom. The summed E-state index contributed by atoms with van der Waals surface area (Å²) in [4.78, 5) is 12.3. The average molecular weight is 318 g/mol.